The normalized spacial score (nSPS) is 19.3. The number of unbranched alkanes of at least 4 members (excludes halogenated alkanes) is 1. The Morgan fingerprint density at radius 1 is 1.14 bits per heavy atom. The Morgan fingerprint density at radius 3 is 2.50 bits per heavy atom. The molecule has 5 rings (SSSR count). The van der Waals surface area contributed by atoms with Gasteiger partial charge in [-0.1, -0.05) is 26.2 Å². The van der Waals surface area contributed by atoms with E-state index in [4.69, 9.17) is 9.73 Å². The van der Waals surface area contributed by atoms with Crippen molar-refractivity contribution in [2.45, 2.75) is 57.7 Å². The van der Waals surface area contributed by atoms with Crippen molar-refractivity contribution in [1.29, 1.82) is 0 Å². The number of nitro groups is 1. The molecule has 2 heterocycles. The molecular formula is C26H29N5O5. The van der Waals surface area contributed by atoms with E-state index >= 15 is 0 Å². The number of guanidine groups is 1. The van der Waals surface area contributed by atoms with E-state index in [0.717, 1.165) is 49.8 Å². The van der Waals surface area contributed by atoms with Crippen LogP contribution < -0.4 is 9.80 Å². The maximum absolute atomic E-state index is 14.1. The fourth-order valence-electron chi connectivity index (χ4n) is 5.29. The number of nitro benzene ring substituents is 1. The molecule has 1 saturated carbocycles. The lowest BCUT2D eigenvalue weighted by Gasteiger charge is -2.39. The van der Waals surface area contributed by atoms with E-state index in [1.165, 1.54) is 19.2 Å². The predicted octanol–water partition coefficient (Wildman–Crippen LogP) is 5.24. The molecule has 10 heteroatoms. The van der Waals surface area contributed by atoms with Gasteiger partial charge in [-0.2, -0.15) is 0 Å². The minimum atomic E-state index is -0.602. The monoisotopic (exact) mass is 491 g/mol. The molecule has 0 bridgehead atoms. The predicted molar refractivity (Wildman–Crippen MR) is 135 cm³/mol. The second kappa shape index (κ2) is 9.60. The molecule has 36 heavy (non-hydrogen) atoms. The van der Waals surface area contributed by atoms with Crippen molar-refractivity contribution in [3.63, 3.8) is 0 Å². The summed E-state index contributed by atoms with van der Waals surface area (Å²) in [5, 5.41) is 11.2. The number of non-ortho nitro benzene ring substituents is 1. The number of hydrogen-bond donors (Lipinski definition) is 0. The van der Waals surface area contributed by atoms with Crippen LogP contribution in [0.4, 0.5) is 21.9 Å². The van der Waals surface area contributed by atoms with E-state index in [-0.39, 0.29) is 17.8 Å². The number of ether oxygens (including phenoxy) is 1. The van der Waals surface area contributed by atoms with Gasteiger partial charge in [-0.3, -0.25) is 15.0 Å². The van der Waals surface area contributed by atoms with Gasteiger partial charge < -0.3 is 9.64 Å². The molecule has 3 aliphatic rings. The molecule has 2 amide bonds. The second-order valence-corrected chi connectivity index (χ2v) is 9.32. The minimum absolute atomic E-state index is 0.00790. The van der Waals surface area contributed by atoms with E-state index in [1.807, 2.05) is 6.07 Å². The van der Waals surface area contributed by atoms with E-state index in [0.29, 0.717) is 23.8 Å². The van der Waals surface area contributed by atoms with Crippen LogP contribution in [0.1, 0.15) is 67.5 Å². The van der Waals surface area contributed by atoms with Crippen LogP contribution in [-0.2, 0) is 4.74 Å². The van der Waals surface area contributed by atoms with E-state index in [9.17, 15) is 19.7 Å². The molecule has 10 nitrogen and oxygen atoms in total. The zero-order valence-electron chi connectivity index (χ0n) is 20.4. The topological polar surface area (TPSA) is 109 Å². The number of nitrogens with zero attached hydrogens (tertiary/aromatic N) is 5. The Hall–Kier alpha value is -3.95. The number of aliphatic imine (C=N–C) groups is 1. The highest BCUT2D eigenvalue weighted by atomic mass is 16.6. The first kappa shape index (κ1) is 23.8. The van der Waals surface area contributed by atoms with Crippen molar-refractivity contribution in [2.24, 2.45) is 4.99 Å². The summed E-state index contributed by atoms with van der Waals surface area (Å²) < 4.78 is 4.92. The zero-order valence-corrected chi connectivity index (χ0v) is 20.4. The zero-order chi connectivity index (χ0) is 25.4. The molecule has 0 N–H and O–H groups in total. The molecule has 0 spiro atoms. The summed E-state index contributed by atoms with van der Waals surface area (Å²) in [6.07, 6.45) is 5.26. The summed E-state index contributed by atoms with van der Waals surface area (Å²) >= 11 is 0. The van der Waals surface area contributed by atoms with Gasteiger partial charge in [0.25, 0.3) is 5.69 Å². The summed E-state index contributed by atoms with van der Waals surface area (Å²) in [5.41, 5.74) is 2.55. The molecule has 1 aliphatic carbocycles. The van der Waals surface area contributed by atoms with Crippen molar-refractivity contribution >= 4 is 35.0 Å². The van der Waals surface area contributed by atoms with Gasteiger partial charge >= 0.3 is 12.0 Å². The second-order valence-electron chi connectivity index (χ2n) is 9.32. The van der Waals surface area contributed by atoms with Crippen molar-refractivity contribution in [2.75, 3.05) is 23.5 Å². The SMILES string of the molecule is CCCCN1C(=O)N2C(=NC1c1ccc([N+](=O)[O-])cc1)N(C1CCCC1)c1ccc(C(=O)OC)cc12. The van der Waals surface area contributed by atoms with Gasteiger partial charge in [0.15, 0.2) is 6.17 Å². The number of carbonyl (C=O) groups is 2. The van der Waals surface area contributed by atoms with Gasteiger partial charge in [0.1, 0.15) is 0 Å². The smallest absolute Gasteiger partial charge is 0.337 e. The molecule has 0 radical (unpaired) electrons. The number of anilines is 2. The molecule has 0 saturated heterocycles. The third kappa shape index (κ3) is 3.96. The molecule has 2 aromatic carbocycles. The first-order chi connectivity index (χ1) is 17.4. The Labute approximate surface area is 209 Å². The Balaban J connectivity index is 1.64. The first-order valence-corrected chi connectivity index (χ1v) is 12.4. The van der Waals surface area contributed by atoms with E-state index in [2.05, 4.69) is 11.8 Å². The lowest BCUT2D eigenvalue weighted by molar-refractivity contribution is -0.384. The highest BCUT2D eigenvalue weighted by molar-refractivity contribution is 6.29. The number of amides is 2. The molecule has 0 aromatic heterocycles. The quantitative estimate of drug-likeness (QED) is 0.298. The van der Waals surface area contributed by atoms with Crippen LogP contribution in [0.2, 0.25) is 0 Å². The van der Waals surface area contributed by atoms with Crippen LogP contribution in [-0.4, -0.2) is 47.5 Å². The lowest BCUT2D eigenvalue weighted by atomic mass is 10.1. The molecule has 1 atom stereocenters. The molecule has 188 valence electrons. The van der Waals surface area contributed by atoms with Gasteiger partial charge in [-0.25, -0.2) is 19.5 Å². The van der Waals surface area contributed by atoms with Crippen LogP contribution in [0, 0.1) is 10.1 Å². The summed E-state index contributed by atoms with van der Waals surface area (Å²) in [6.45, 7) is 2.54. The van der Waals surface area contributed by atoms with Crippen molar-refractivity contribution in [3.05, 3.63) is 63.7 Å². The molecular weight excluding hydrogens is 462 g/mol. The van der Waals surface area contributed by atoms with E-state index in [1.54, 1.807) is 34.1 Å². The molecule has 1 unspecified atom stereocenters. The van der Waals surface area contributed by atoms with Crippen LogP contribution >= 0.6 is 0 Å². The highest BCUT2D eigenvalue weighted by Crippen LogP contribution is 2.46. The average Bonchev–Trinajstić information content (AvgIpc) is 3.53. The van der Waals surface area contributed by atoms with Crippen LogP contribution in [0.25, 0.3) is 0 Å². The van der Waals surface area contributed by atoms with Gasteiger partial charge in [0.2, 0.25) is 5.96 Å². The van der Waals surface area contributed by atoms with Gasteiger partial charge in [0, 0.05) is 24.7 Å². The third-order valence-electron chi connectivity index (χ3n) is 7.13. The fourth-order valence-corrected chi connectivity index (χ4v) is 5.29. The summed E-state index contributed by atoms with van der Waals surface area (Å²) in [5.74, 6) is 0.0756. The Bertz CT molecular complexity index is 1220. The first-order valence-electron chi connectivity index (χ1n) is 12.4. The molecule has 2 aromatic rings. The highest BCUT2D eigenvalue weighted by Gasteiger charge is 2.47. The third-order valence-corrected chi connectivity index (χ3v) is 7.13. The number of benzene rings is 2. The maximum Gasteiger partial charge on any atom is 0.337 e. The van der Waals surface area contributed by atoms with Gasteiger partial charge in [-0.05, 0) is 55.2 Å². The van der Waals surface area contributed by atoms with Crippen LogP contribution in [0.5, 0.6) is 0 Å². The lowest BCUT2D eigenvalue weighted by Crippen LogP contribution is -2.55. The largest absolute Gasteiger partial charge is 0.465 e. The number of hydrogen-bond acceptors (Lipinski definition) is 7. The van der Waals surface area contributed by atoms with Crippen molar-refractivity contribution < 1.29 is 19.2 Å². The van der Waals surface area contributed by atoms with E-state index < -0.39 is 17.1 Å². The fraction of sp³-hybridized carbons (Fsp3) is 0.423. The summed E-state index contributed by atoms with van der Waals surface area (Å²) in [4.78, 5) is 47.6. The Morgan fingerprint density at radius 2 is 1.86 bits per heavy atom. The van der Waals surface area contributed by atoms with Crippen LogP contribution in [0.3, 0.4) is 0 Å². The number of urea groups is 1. The standard InChI is InChI=1S/C26H29N5O5/c1-3-4-15-28-23(17-9-12-20(13-10-17)31(34)35)27-25-29(19-7-5-6-8-19)21-14-11-18(24(32)36-2)16-22(21)30(25)26(28)33/h9-14,16,19,23H,3-8,15H2,1-2H3. The van der Waals surface area contributed by atoms with Gasteiger partial charge in [-0.15, -0.1) is 0 Å². The summed E-state index contributed by atoms with van der Waals surface area (Å²) in [7, 11) is 1.33. The number of rotatable bonds is 7. The number of carbonyl (C=O) groups excluding carboxylic acids is 2. The minimum Gasteiger partial charge on any atom is -0.465 e. The summed E-state index contributed by atoms with van der Waals surface area (Å²) in [6, 6.07) is 11.5. The number of esters is 1. The maximum atomic E-state index is 14.1. The van der Waals surface area contributed by atoms with Crippen molar-refractivity contribution in [3.8, 4) is 0 Å². The molecule has 1 fully saturated rings. The van der Waals surface area contributed by atoms with Crippen LogP contribution in [0.15, 0.2) is 47.5 Å². The van der Waals surface area contributed by atoms with Gasteiger partial charge in [0.05, 0.1) is 29.0 Å². The van der Waals surface area contributed by atoms with Crippen molar-refractivity contribution in [1.82, 2.24) is 4.90 Å². The number of methoxy groups -OCH3 is 1. The average molecular weight is 492 g/mol. The molecule has 2 aliphatic heterocycles. The Kier molecular flexibility index (Phi) is 6.34. The number of fused-ring (bicyclic) bond motifs is 3.